The lowest BCUT2D eigenvalue weighted by Gasteiger charge is -2.05. The Morgan fingerprint density at radius 1 is 1.00 bits per heavy atom. The van der Waals surface area contributed by atoms with Crippen LogP contribution in [-0.4, -0.2) is 11.7 Å². The van der Waals surface area contributed by atoms with Crippen molar-refractivity contribution in [1.82, 2.24) is 0 Å². The molecular weight excluding hydrogens is 286 g/mol. The smallest absolute Gasteiger partial charge is 0.313 e. The second kappa shape index (κ2) is 9.36. The van der Waals surface area contributed by atoms with Crippen molar-refractivity contribution in [2.45, 2.75) is 25.7 Å². The Kier molecular flexibility index (Phi) is 6.79. The molecule has 0 amide bonds. The van der Waals surface area contributed by atoms with Gasteiger partial charge in [-0.05, 0) is 43.4 Å². The van der Waals surface area contributed by atoms with E-state index in [9.17, 15) is 4.79 Å². The number of allylic oxidation sites excluding steroid dienone is 1. The third-order valence-electron chi connectivity index (χ3n) is 3.45. The fourth-order valence-corrected chi connectivity index (χ4v) is 2.15. The SMILES string of the molecule is C=CCC/C(CCc1ccccc1)=N\OC(=O)c1ccccc1. The van der Waals surface area contributed by atoms with Crippen molar-refractivity contribution in [3.63, 3.8) is 0 Å². The van der Waals surface area contributed by atoms with Crippen LogP contribution < -0.4 is 0 Å². The average Bonchev–Trinajstić information content (AvgIpc) is 2.62. The number of hydrogen-bond donors (Lipinski definition) is 0. The summed E-state index contributed by atoms with van der Waals surface area (Å²) >= 11 is 0. The van der Waals surface area contributed by atoms with Gasteiger partial charge in [-0.25, -0.2) is 4.79 Å². The van der Waals surface area contributed by atoms with Crippen LogP contribution in [0.3, 0.4) is 0 Å². The third kappa shape index (κ3) is 5.91. The zero-order valence-corrected chi connectivity index (χ0v) is 13.2. The fraction of sp³-hybridized carbons (Fsp3) is 0.200. The molecule has 0 saturated carbocycles. The van der Waals surface area contributed by atoms with Crippen LogP contribution in [0.5, 0.6) is 0 Å². The Morgan fingerprint density at radius 2 is 1.65 bits per heavy atom. The summed E-state index contributed by atoms with van der Waals surface area (Å²) in [6.45, 7) is 3.73. The van der Waals surface area contributed by atoms with Crippen LogP contribution in [0.2, 0.25) is 0 Å². The van der Waals surface area contributed by atoms with Crippen molar-refractivity contribution in [2.75, 3.05) is 0 Å². The first-order valence-corrected chi connectivity index (χ1v) is 7.76. The lowest BCUT2D eigenvalue weighted by atomic mass is 10.0. The predicted octanol–water partition coefficient (Wildman–Crippen LogP) is 4.80. The minimum atomic E-state index is -0.429. The lowest BCUT2D eigenvalue weighted by molar-refractivity contribution is 0.0514. The molecule has 2 aromatic rings. The molecule has 2 rings (SSSR count). The van der Waals surface area contributed by atoms with Crippen LogP contribution in [0.15, 0.2) is 78.5 Å². The molecule has 0 radical (unpaired) electrons. The van der Waals surface area contributed by atoms with E-state index in [1.165, 1.54) is 5.56 Å². The van der Waals surface area contributed by atoms with Crippen molar-refractivity contribution in [1.29, 1.82) is 0 Å². The molecular formula is C20H21NO2. The molecule has 118 valence electrons. The summed E-state index contributed by atoms with van der Waals surface area (Å²) in [6, 6.07) is 19.1. The van der Waals surface area contributed by atoms with E-state index in [0.29, 0.717) is 5.56 Å². The van der Waals surface area contributed by atoms with E-state index in [1.807, 2.05) is 30.3 Å². The molecule has 0 aliphatic heterocycles. The Labute approximate surface area is 137 Å². The van der Waals surface area contributed by atoms with Crippen LogP contribution in [0.1, 0.15) is 35.2 Å². The molecule has 0 fully saturated rings. The van der Waals surface area contributed by atoms with Crippen LogP contribution in [0.4, 0.5) is 0 Å². The number of carbonyl (C=O) groups is 1. The third-order valence-corrected chi connectivity index (χ3v) is 3.45. The number of oxime groups is 1. The van der Waals surface area contributed by atoms with Crippen LogP contribution in [-0.2, 0) is 11.3 Å². The largest absolute Gasteiger partial charge is 0.365 e. The van der Waals surface area contributed by atoms with Crippen molar-refractivity contribution in [3.8, 4) is 0 Å². The minimum Gasteiger partial charge on any atom is -0.313 e. The molecule has 0 unspecified atom stereocenters. The van der Waals surface area contributed by atoms with Gasteiger partial charge in [0.2, 0.25) is 0 Å². The Balaban J connectivity index is 1.96. The van der Waals surface area contributed by atoms with Gasteiger partial charge in [-0.1, -0.05) is 59.8 Å². The molecule has 3 heteroatoms. The maximum absolute atomic E-state index is 11.9. The van der Waals surface area contributed by atoms with Gasteiger partial charge >= 0.3 is 5.97 Å². The van der Waals surface area contributed by atoms with Gasteiger partial charge in [0, 0.05) is 0 Å². The molecule has 0 aliphatic carbocycles. The van der Waals surface area contributed by atoms with E-state index in [1.54, 1.807) is 24.3 Å². The summed E-state index contributed by atoms with van der Waals surface area (Å²) in [5, 5.41) is 4.07. The van der Waals surface area contributed by atoms with E-state index < -0.39 is 5.97 Å². The maximum atomic E-state index is 11.9. The van der Waals surface area contributed by atoms with Gasteiger partial charge in [0.25, 0.3) is 0 Å². The molecule has 0 aromatic heterocycles. The monoisotopic (exact) mass is 307 g/mol. The minimum absolute atomic E-state index is 0.429. The number of nitrogens with zero attached hydrogens (tertiary/aromatic N) is 1. The van der Waals surface area contributed by atoms with Gasteiger partial charge in [0.05, 0.1) is 11.3 Å². The van der Waals surface area contributed by atoms with Gasteiger partial charge in [0.15, 0.2) is 0 Å². The topological polar surface area (TPSA) is 38.7 Å². The molecule has 0 N–H and O–H groups in total. The molecule has 0 bridgehead atoms. The lowest BCUT2D eigenvalue weighted by Crippen LogP contribution is -2.06. The first-order valence-electron chi connectivity index (χ1n) is 7.76. The van der Waals surface area contributed by atoms with E-state index in [-0.39, 0.29) is 0 Å². The summed E-state index contributed by atoms with van der Waals surface area (Å²) in [4.78, 5) is 17.0. The van der Waals surface area contributed by atoms with Crippen molar-refractivity contribution in [3.05, 3.63) is 84.4 Å². The van der Waals surface area contributed by atoms with Crippen molar-refractivity contribution in [2.24, 2.45) is 5.16 Å². The number of aryl methyl sites for hydroxylation is 1. The molecule has 3 nitrogen and oxygen atoms in total. The molecule has 0 spiro atoms. The summed E-state index contributed by atoms with van der Waals surface area (Å²) in [6.07, 6.45) is 5.05. The number of benzene rings is 2. The molecule has 0 heterocycles. The average molecular weight is 307 g/mol. The summed E-state index contributed by atoms with van der Waals surface area (Å²) in [7, 11) is 0. The Hall–Kier alpha value is -2.68. The van der Waals surface area contributed by atoms with Gasteiger partial charge in [0.1, 0.15) is 0 Å². The van der Waals surface area contributed by atoms with E-state index in [4.69, 9.17) is 4.84 Å². The fourth-order valence-electron chi connectivity index (χ4n) is 2.15. The van der Waals surface area contributed by atoms with E-state index >= 15 is 0 Å². The highest BCUT2D eigenvalue weighted by Gasteiger charge is 2.07. The highest BCUT2D eigenvalue weighted by Crippen LogP contribution is 2.08. The number of hydrogen-bond acceptors (Lipinski definition) is 3. The highest BCUT2D eigenvalue weighted by atomic mass is 16.7. The molecule has 2 aromatic carbocycles. The van der Waals surface area contributed by atoms with Crippen molar-refractivity contribution < 1.29 is 9.63 Å². The maximum Gasteiger partial charge on any atom is 0.365 e. The normalized spacial score (nSPS) is 11.0. The van der Waals surface area contributed by atoms with Crippen LogP contribution in [0.25, 0.3) is 0 Å². The molecule has 0 aliphatic rings. The van der Waals surface area contributed by atoms with E-state index in [2.05, 4.69) is 23.9 Å². The van der Waals surface area contributed by atoms with Crippen LogP contribution >= 0.6 is 0 Å². The molecule has 0 saturated heterocycles. The second-order valence-electron chi connectivity index (χ2n) is 5.22. The molecule has 0 atom stereocenters. The summed E-state index contributed by atoms with van der Waals surface area (Å²) < 4.78 is 0. The zero-order valence-electron chi connectivity index (χ0n) is 13.2. The van der Waals surface area contributed by atoms with E-state index in [0.717, 1.165) is 31.4 Å². The quantitative estimate of drug-likeness (QED) is 0.304. The van der Waals surface area contributed by atoms with Crippen LogP contribution in [0, 0.1) is 0 Å². The Morgan fingerprint density at radius 3 is 2.30 bits per heavy atom. The Bertz CT molecular complexity index is 648. The standard InChI is InChI=1S/C20H21NO2/c1-2-3-14-19(16-15-17-10-6-4-7-11-17)21-23-20(22)18-12-8-5-9-13-18/h2,4-13H,1,3,14-16H2/b21-19+. The second-order valence-corrected chi connectivity index (χ2v) is 5.22. The highest BCUT2D eigenvalue weighted by molar-refractivity contribution is 5.90. The van der Waals surface area contributed by atoms with Gasteiger partial charge in [-0.15, -0.1) is 6.58 Å². The summed E-state index contributed by atoms with van der Waals surface area (Å²) in [5.41, 5.74) is 2.62. The number of rotatable bonds is 8. The van der Waals surface area contributed by atoms with Gasteiger partial charge < -0.3 is 4.84 Å². The predicted molar refractivity (Wildman–Crippen MR) is 93.5 cm³/mol. The van der Waals surface area contributed by atoms with Gasteiger partial charge in [-0.3, -0.25) is 0 Å². The number of carbonyl (C=O) groups excluding carboxylic acids is 1. The summed E-state index contributed by atoms with van der Waals surface area (Å²) in [5.74, 6) is -0.429. The molecule has 23 heavy (non-hydrogen) atoms. The van der Waals surface area contributed by atoms with Gasteiger partial charge in [-0.2, -0.15) is 0 Å². The zero-order chi connectivity index (χ0) is 16.3. The first kappa shape index (κ1) is 16.7. The van der Waals surface area contributed by atoms with Crippen molar-refractivity contribution >= 4 is 11.7 Å². The first-order chi connectivity index (χ1) is 11.3.